The number of halogens is 3. The largest absolute Gasteiger partial charge is 0.379 e. The van der Waals surface area contributed by atoms with Crippen LogP contribution in [0.1, 0.15) is 15.2 Å². The lowest BCUT2D eigenvalue weighted by atomic mass is 10.1. The summed E-state index contributed by atoms with van der Waals surface area (Å²) in [5.74, 6) is -0.817. The summed E-state index contributed by atoms with van der Waals surface area (Å²) in [7, 11) is 0. The monoisotopic (exact) mass is 395 g/mol. The van der Waals surface area contributed by atoms with E-state index in [-0.39, 0.29) is 0 Å². The van der Waals surface area contributed by atoms with Crippen LogP contribution < -0.4 is 10.6 Å². The molecule has 0 aliphatic carbocycles. The second-order valence-electron chi connectivity index (χ2n) is 5.09. The molecule has 0 radical (unpaired) electrons. The van der Waals surface area contributed by atoms with Gasteiger partial charge in [0.25, 0.3) is 5.91 Å². The van der Waals surface area contributed by atoms with Crippen LogP contribution in [-0.4, -0.2) is 10.9 Å². The highest BCUT2D eigenvalue weighted by Crippen LogP contribution is 2.24. The summed E-state index contributed by atoms with van der Waals surface area (Å²) in [5, 5.41) is 6.25. The van der Waals surface area contributed by atoms with Crippen LogP contribution >= 0.6 is 34.5 Å². The molecule has 0 spiro atoms. The van der Waals surface area contributed by atoms with Gasteiger partial charge in [-0.1, -0.05) is 29.3 Å². The van der Waals surface area contributed by atoms with Crippen molar-refractivity contribution < 1.29 is 9.18 Å². The summed E-state index contributed by atoms with van der Waals surface area (Å²) in [5.41, 5.74) is 1.32. The van der Waals surface area contributed by atoms with Gasteiger partial charge in [-0.05, 0) is 36.4 Å². The first kappa shape index (κ1) is 17.7. The number of rotatable bonds is 5. The van der Waals surface area contributed by atoms with E-state index in [2.05, 4.69) is 15.6 Å². The van der Waals surface area contributed by atoms with Crippen molar-refractivity contribution in [2.45, 2.75) is 6.54 Å². The van der Waals surface area contributed by atoms with E-state index in [1.807, 2.05) is 0 Å². The summed E-state index contributed by atoms with van der Waals surface area (Å²) < 4.78 is 13.7. The minimum Gasteiger partial charge on any atom is -0.379 e. The SMILES string of the molecule is O=C(Nc1cccc(F)c1)c1cc(Cl)ccc1NCc1cnc(Cl)s1. The summed E-state index contributed by atoms with van der Waals surface area (Å²) in [4.78, 5) is 17.5. The number of carbonyl (C=O) groups is 1. The minimum atomic E-state index is -0.427. The summed E-state index contributed by atoms with van der Waals surface area (Å²) in [6, 6.07) is 10.6. The Kier molecular flexibility index (Phi) is 5.53. The average Bonchev–Trinajstić information content (AvgIpc) is 2.99. The van der Waals surface area contributed by atoms with E-state index in [1.165, 1.54) is 29.5 Å². The zero-order chi connectivity index (χ0) is 17.8. The molecule has 0 aliphatic heterocycles. The number of aromatic nitrogens is 1. The smallest absolute Gasteiger partial charge is 0.257 e. The van der Waals surface area contributed by atoms with Gasteiger partial charge < -0.3 is 10.6 Å². The van der Waals surface area contributed by atoms with Gasteiger partial charge >= 0.3 is 0 Å². The van der Waals surface area contributed by atoms with Crippen molar-refractivity contribution in [3.8, 4) is 0 Å². The number of hydrogen-bond donors (Lipinski definition) is 2. The fraction of sp³-hybridized carbons (Fsp3) is 0.0588. The maximum absolute atomic E-state index is 13.3. The highest BCUT2D eigenvalue weighted by atomic mass is 35.5. The molecule has 4 nitrogen and oxygen atoms in total. The van der Waals surface area contributed by atoms with Gasteiger partial charge in [0.2, 0.25) is 0 Å². The zero-order valence-electron chi connectivity index (χ0n) is 12.7. The van der Waals surface area contributed by atoms with Gasteiger partial charge in [0.1, 0.15) is 5.82 Å². The van der Waals surface area contributed by atoms with Crippen molar-refractivity contribution in [3.05, 3.63) is 74.4 Å². The molecule has 0 saturated carbocycles. The van der Waals surface area contributed by atoms with E-state index in [9.17, 15) is 9.18 Å². The van der Waals surface area contributed by atoms with Crippen molar-refractivity contribution in [2.75, 3.05) is 10.6 Å². The Bertz CT molecular complexity index is 916. The van der Waals surface area contributed by atoms with Crippen LogP contribution in [0.25, 0.3) is 0 Å². The highest BCUT2D eigenvalue weighted by Gasteiger charge is 2.13. The van der Waals surface area contributed by atoms with Crippen LogP contribution in [0.2, 0.25) is 9.49 Å². The Hall–Kier alpha value is -2.15. The Labute approximate surface area is 157 Å². The Morgan fingerprint density at radius 3 is 2.76 bits per heavy atom. The topological polar surface area (TPSA) is 54.0 Å². The molecule has 1 heterocycles. The van der Waals surface area contributed by atoms with E-state index in [0.717, 1.165) is 4.88 Å². The quantitative estimate of drug-likeness (QED) is 0.603. The summed E-state index contributed by atoms with van der Waals surface area (Å²) >= 11 is 13.2. The molecule has 1 aromatic heterocycles. The molecule has 0 saturated heterocycles. The van der Waals surface area contributed by atoms with Crippen LogP contribution in [0.4, 0.5) is 15.8 Å². The molecule has 3 rings (SSSR count). The first-order valence-corrected chi connectivity index (χ1v) is 8.79. The van der Waals surface area contributed by atoms with Crippen molar-refractivity contribution in [3.63, 3.8) is 0 Å². The van der Waals surface area contributed by atoms with Crippen molar-refractivity contribution in [1.29, 1.82) is 0 Å². The predicted octanol–water partition coefficient (Wildman–Crippen LogP) is 5.45. The van der Waals surface area contributed by atoms with Gasteiger partial charge in [0, 0.05) is 27.5 Å². The number of nitrogens with zero attached hydrogens (tertiary/aromatic N) is 1. The van der Waals surface area contributed by atoms with Crippen LogP contribution in [0.5, 0.6) is 0 Å². The molecule has 0 unspecified atom stereocenters. The second-order valence-corrected chi connectivity index (χ2v) is 7.22. The standard InChI is InChI=1S/C17H12Cl2FN3OS/c18-10-4-5-15(21-8-13-9-22-17(19)25-13)14(6-10)16(24)23-12-3-1-2-11(20)7-12/h1-7,9,21H,8H2,(H,23,24). The molecule has 2 aromatic carbocycles. The molecule has 2 N–H and O–H groups in total. The van der Waals surface area contributed by atoms with E-state index in [0.29, 0.717) is 33.0 Å². The van der Waals surface area contributed by atoms with Crippen molar-refractivity contribution >= 4 is 51.8 Å². The lowest BCUT2D eigenvalue weighted by Gasteiger charge is -2.12. The van der Waals surface area contributed by atoms with Gasteiger partial charge in [-0.2, -0.15) is 0 Å². The molecule has 25 heavy (non-hydrogen) atoms. The van der Waals surface area contributed by atoms with Gasteiger partial charge in [-0.15, -0.1) is 11.3 Å². The number of carbonyl (C=O) groups excluding carboxylic acids is 1. The van der Waals surface area contributed by atoms with E-state index < -0.39 is 11.7 Å². The first-order chi connectivity index (χ1) is 12.0. The number of nitrogens with one attached hydrogen (secondary N) is 2. The zero-order valence-corrected chi connectivity index (χ0v) is 15.1. The predicted molar refractivity (Wildman–Crippen MR) is 100 cm³/mol. The Morgan fingerprint density at radius 2 is 2.04 bits per heavy atom. The summed E-state index contributed by atoms with van der Waals surface area (Å²) in [6.07, 6.45) is 1.67. The molecule has 0 aliphatic rings. The third-order valence-corrected chi connectivity index (χ3v) is 4.64. The van der Waals surface area contributed by atoms with Crippen LogP contribution in [-0.2, 0) is 6.54 Å². The molecule has 128 valence electrons. The fourth-order valence-corrected chi connectivity index (χ4v) is 3.26. The number of hydrogen-bond acceptors (Lipinski definition) is 4. The van der Waals surface area contributed by atoms with E-state index in [1.54, 1.807) is 30.5 Å². The molecule has 0 atom stereocenters. The Morgan fingerprint density at radius 1 is 1.20 bits per heavy atom. The molecule has 1 amide bonds. The maximum Gasteiger partial charge on any atom is 0.257 e. The van der Waals surface area contributed by atoms with E-state index >= 15 is 0 Å². The molecule has 0 fully saturated rings. The molecular formula is C17H12Cl2FN3OS. The normalized spacial score (nSPS) is 10.5. The molecule has 3 aromatic rings. The lowest BCUT2D eigenvalue weighted by molar-refractivity contribution is 0.102. The number of benzene rings is 2. The van der Waals surface area contributed by atoms with Crippen LogP contribution in [0.3, 0.4) is 0 Å². The average molecular weight is 396 g/mol. The number of thiazole rings is 1. The highest BCUT2D eigenvalue weighted by molar-refractivity contribution is 7.15. The number of amides is 1. The van der Waals surface area contributed by atoms with Gasteiger partial charge in [0.15, 0.2) is 4.47 Å². The third-order valence-electron chi connectivity index (χ3n) is 3.29. The van der Waals surface area contributed by atoms with Crippen molar-refractivity contribution in [2.24, 2.45) is 0 Å². The van der Waals surface area contributed by atoms with E-state index in [4.69, 9.17) is 23.2 Å². The summed E-state index contributed by atoms with van der Waals surface area (Å²) in [6.45, 7) is 0.465. The second kappa shape index (κ2) is 7.82. The van der Waals surface area contributed by atoms with Crippen LogP contribution in [0.15, 0.2) is 48.7 Å². The van der Waals surface area contributed by atoms with Crippen molar-refractivity contribution in [1.82, 2.24) is 4.98 Å². The van der Waals surface area contributed by atoms with Crippen LogP contribution in [0, 0.1) is 5.82 Å². The first-order valence-electron chi connectivity index (χ1n) is 7.22. The van der Waals surface area contributed by atoms with Gasteiger partial charge in [-0.25, -0.2) is 9.37 Å². The molecular weight excluding hydrogens is 384 g/mol. The molecule has 8 heteroatoms. The van der Waals surface area contributed by atoms with Gasteiger partial charge in [-0.3, -0.25) is 4.79 Å². The third kappa shape index (κ3) is 4.69. The maximum atomic E-state index is 13.3. The Balaban J connectivity index is 1.79. The number of anilines is 2. The molecule has 0 bridgehead atoms. The van der Waals surface area contributed by atoms with Gasteiger partial charge in [0.05, 0.1) is 12.1 Å². The lowest BCUT2D eigenvalue weighted by Crippen LogP contribution is -2.15. The minimum absolute atomic E-state index is 0.354. The fourth-order valence-electron chi connectivity index (χ4n) is 2.17.